The van der Waals surface area contributed by atoms with Gasteiger partial charge in [0.1, 0.15) is 10.3 Å². The molecule has 0 saturated carbocycles. The van der Waals surface area contributed by atoms with E-state index in [4.69, 9.17) is 17.0 Å². The van der Waals surface area contributed by atoms with Crippen molar-refractivity contribution in [1.29, 1.82) is 0 Å². The molecule has 0 amide bonds. The van der Waals surface area contributed by atoms with E-state index in [1.807, 2.05) is 24.3 Å². The van der Waals surface area contributed by atoms with E-state index in [1.54, 1.807) is 18.2 Å². The van der Waals surface area contributed by atoms with Crippen LogP contribution in [0.3, 0.4) is 0 Å². The number of hydrogen-bond donors (Lipinski definition) is 1. The zero-order valence-corrected chi connectivity index (χ0v) is 11.5. The van der Waals surface area contributed by atoms with Gasteiger partial charge in [0, 0.05) is 16.3 Å². The molecule has 0 unspecified atom stereocenters. The minimum atomic E-state index is -0.432. The SMILES string of the molecule is COc1cccc(-c2n[nH]c(=S)c3ccccc23)c1F. The topological polar surface area (TPSA) is 37.9 Å². The Morgan fingerprint density at radius 2 is 1.85 bits per heavy atom. The predicted molar refractivity (Wildman–Crippen MR) is 78.9 cm³/mol. The Balaban J connectivity index is 2.36. The molecule has 1 heterocycles. The lowest BCUT2D eigenvalue weighted by atomic mass is 10.0. The number of fused-ring (bicyclic) bond motifs is 1. The third kappa shape index (κ3) is 1.96. The molecule has 3 nitrogen and oxygen atoms in total. The van der Waals surface area contributed by atoms with Gasteiger partial charge < -0.3 is 4.74 Å². The average Bonchev–Trinajstić information content (AvgIpc) is 2.49. The van der Waals surface area contributed by atoms with Crippen molar-refractivity contribution in [2.75, 3.05) is 7.11 Å². The molecule has 0 atom stereocenters. The van der Waals surface area contributed by atoms with Gasteiger partial charge in [-0.2, -0.15) is 5.10 Å². The van der Waals surface area contributed by atoms with Crippen molar-refractivity contribution < 1.29 is 9.13 Å². The van der Waals surface area contributed by atoms with E-state index >= 15 is 0 Å². The van der Waals surface area contributed by atoms with E-state index in [2.05, 4.69) is 10.2 Å². The van der Waals surface area contributed by atoms with Crippen LogP contribution in [-0.2, 0) is 0 Å². The maximum absolute atomic E-state index is 14.4. The first kappa shape index (κ1) is 12.7. The second-order valence-electron chi connectivity index (χ2n) is 4.27. The standard InChI is InChI=1S/C15H11FN2OS/c1-19-12-8-4-7-11(13(12)16)14-9-5-2-3-6-10(9)15(20)18-17-14/h2-8H,1H3,(H,18,20). The van der Waals surface area contributed by atoms with Crippen LogP contribution < -0.4 is 4.74 Å². The number of methoxy groups -OCH3 is 1. The Hall–Kier alpha value is -2.27. The minimum Gasteiger partial charge on any atom is -0.494 e. The van der Waals surface area contributed by atoms with Crippen LogP contribution >= 0.6 is 12.2 Å². The fourth-order valence-electron chi connectivity index (χ4n) is 2.17. The number of hydrogen-bond acceptors (Lipinski definition) is 3. The Morgan fingerprint density at radius 3 is 2.60 bits per heavy atom. The highest BCUT2D eigenvalue weighted by atomic mass is 32.1. The van der Waals surface area contributed by atoms with Crippen molar-refractivity contribution in [3.05, 3.63) is 52.9 Å². The number of aromatic amines is 1. The second-order valence-corrected chi connectivity index (χ2v) is 4.68. The summed E-state index contributed by atoms with van der Waals surface area (Å²) in [6, 6.07) is 12.5. The van der Waals surface area contributed by atoms with Gasteiger partial charge in [0.25, 0.3) is 0 Å². The quantitative estimate of drug-likeness (QED) is 0.720. The summed E-state index contributed by atoms with van der Waals surface area (Å²) in [4.78, 5) is 0. The van der Waals surface area contributed by atoms with E-state index in [1.165, 1.54) is 7.11 Å². The number of benzene rings is 2. The van der Waals surface area contributed by atoms with Gasteiger partial charge in [0.2, 0.25) is 0 Å². The van der Waals surface area contributed by atoms with E-state index in [0.29, 0.717) is 15.9 Å². The molecule has 0 radical (unpaired) electrons. The van der Waals surface area contributed by atoms with Gasteiger partial charge in [0.15, 0.2) is 11.6 Å². The summed E-state index contributed by atoms with van der Waals surface area (Å²) in [7, 11) is 1.44. The van der Waals surface area contributed by atoms with Crippen LogP contribution in [0.4, 0.5) is 4.39 Å². The Labute approximate surface area is 120 Å². The zero-order chi connectivity index (χ0) is 14.1. The van der Waals surface area contributed by atoms with E-state index in [-0.39, 0.29) is 5.75 Å². The van der Waals surface area contributed by atoms with Crippen LogP contribution in [0.1, 0.15) is 0 Å². The van der Waals surface area contributed by atoms with Crippen LogP contribution in [0.15, 0.2) is 42.5 Å². The molecule has 0 aliphatic carbocycles. The van der Waals surface area contributed by atoms with Crippen molar-refractivity contribution in [3.8, 4) is 17.0 Å². The first-order valence-corrected chi connectivity index (χ1v) is 6.43. The smallest absolute Gasteiger partial charge is 0.174 e. The molecule has 3 aromatic rings. The molecule has 20 heavy (non-hydrogen) atoms. The van der Waals surface area contributed by atoms with Crippen molar-refractivity contribution in [3.63, 3.8) is 0 Å². The lowest BCUT2D eigenvalue weighted by Gasteiger charge is -2.09. The molecule has 0 aliphatic heterocycles. The van der Waals surface area contributed by atoms with Crippen molar-refractivity contribution >= 4 is 23.0 Å². The highest BCUT2D eigenvalue weighted by Gasteiger charge is 2.14. The summed E-state index contributed by atoms with van der Waals surface area (Å²) < 4.78 is 19.9. The Morgan fingerprint density at radius 1 is 1.10 bits per heavy atom. The molecule has 1 N–H and O–H groups in total. The maximum atomic E-state index is 14.4. The molecule has 0 fully saturated rings. The maximum Gasteiger partial charge on any atom is 0.174 e. The number of halogens is 1. The van der Waals surface area contributed by atoms with Crippen LogP contribution in [0.25, 0.3) is 22.0 Å². The zero-order valence-electron chi connectivity index (χ0n) is 10.7. The Bertz CT molecular complexity index is 845. The summed E-state index contributed by atoms with van der Waals surface area (Å²) in [5.74, 6) is -0.242. The van der Waals surface area contributed by atoms with E-state index in [0.717, 1.165) is 10.8 Å². The van der Waals surface area contributed by atoms with Gasteiger partial charge in [-0.3, -0.25) is 5.10 Å². The monoisotopic (exact) mass is 286 g/mol. The van der Waals surface area contributed by atoms with Crippen molar-refractivity contribution in [2.24, 2.45) is 0 Å². The first-order valence-electron chi connectivity index (χ1n) is 6.02. The van der Waals surface area contributed by atoms with Crippen LogP contribution in [0, 0.1) is 10.5 Å². The molecule has 0 bridgehead atoms. The van der Waals surface area contributed by atoms with Gasteiger partial charge in [-0.05, 0) is 12.1 Å². The number of aromatic nitrogens is 2. The number of rotatable bonds is 2. The predicted octanol–water partition coefficient (Wildman–Crippen LogP) is 4.11. The molecule has 0 saturated heterocycles. The number of nitrogens with zero attached hydrogens (tertiary/aromatic N) is 1. The van der Waals surface area contributed by atoms with Crippen LogP contribution in [0.2, 0.25) is 0 Å². The van der Waals surface area contributed by atoms with Gasteiger partial charge in [-0.1, -0.05) is 42.5 Å². The Kier molecular flexibility index (Phi) is 3.20. The highest BCUT2D eigenvalue weighted by molar-refractivity contribution is 7.71. The lowest BCUT2D eigenvalue weighted by molar-refractivity contribution is 0.387. The summed E-state index contributed by atoms with van der Waals surface area (Å²) in [5, 5.41) is 8.60. The summed E-state index contributed by atoms with van der Waals surface area (Å²) in [6.45, 7) is 0. The van der Waals surface area contributed by atoms with Gasteiger partial charge >= 0.3 is 0 Å². The molecule has 2 aromatic carbocycles. The molecular weight excluding hydrogens is 275 g/mol. The van der Waals surface area contributed by atoms with Crippen molar-refractivity contribution in [2.45, 2.75) is 0 Å². The third-order valence-electron chi connectivity index (χ3n) is 3.13. The third-order valence-corrected chi connectivity index (χ3v) is 3.45. The van der Waals surface area contributed by atoms with Crippen molar-refractivity contribution in [1.82, 2.24) is 10.2 Å². The summed E-state index contributed by atoms with van der Waals surface area (Å²) in [6.07, 6.45) is 0. The van der Waals surface area contributed by atoms with E-state index < -0.39 is 5.82 Å². The minimum absolute atomic E-state index is 0.191. The summed E-state index contributed by atoms with van der Waals surface area (Å²) >= 11 is 5.21. The normalized spacial score (nSPS) is 10.7. The lowest BCUT2D eigenvalue weighted by Crippen LogP contribution is -1.96. The second kappa shape index (κ2) is 5.02. The molecule has 3 rings (SSSR count). The van der Waals surface area contributed by atoms with Gasteiger partial charge in [0.05, 0.1) is 7.11 Å². The van der Waals surface area contributed by atoms with Crippen LogP contribution in [-0.4, -0.2) is 17.3 Å². The number of ether oxygens (including phenoxy) is 1. The molecule has 0 aliphatic rings. The molecule has 100 valence electrons. The molecule has 0 spiro atoms. The fourth-order valence-corrected chi connectivity index (χ4v) is 2.40. The van der Waals surface area contributed by atoms with Crippen LogP contribution in [0.5, 0.6) is 5.75 Å². The van der Waals surface area contributed by atoms with E-state index in [9.17, 15) is 4.39 Å². The first-order chi connectivity index (χ1) is 9.72. The van der Waals surface area contributed by atoms with Gasteiger partial charge in [-0.25, -0.2) is 4.39 Å². The fraction of sp³-hybridized carbons (Fsp3) is 0.0667. The highest BCUT2D eigenvalue weighted by Crippen LogP contribution is 2.31. The van der Waals surface area contributed by atoms with Gasteiger partial charge in [-0.15, -0.1) is 0 Å². The average molecular weight is 286 g/mol. The molecule has 5 heteroatoms. The number of nitrogens with one attached hydrogen (secondary N) is 1. The largest absolute Gasteiger partial charge is 0.494 e. The molecule has 1 aromatic heterocycles. The number of H-pyrrole nitrogens is 1. The summed E-state index contributed by atoms with van der Waals surface area (Å²) in [5.41, 5.74) is 0.900. The molecular formula is C15H11FN2OS.